The summed E-state index contributed by atoms with van der Waals surface area (Å²) < 4.78 is 10.4. The van der Waals surface area contributed by atoms with E-state index in [1.165, 1.54) is 0 Å². The maximum Gasteiger partial charge on any atom is 0.145 e. The molecule has 2 rings (SSSR count). The first kappa shape index (κ1) is 11.6. The molecule has 0 aliphatic heterocycles. The van der Waals surface area contributed by atoms with Gasteiger partial charge < -0.3 is 15.2 Å². The highest BCUT2D eigenvalue weighted by Gasteiger charge is 2.14. The number of nitrogen functional groups attached to an aromatic ring is 1. The molecule has 0 amide bonds. The molecule has 0 spiro atoms. The highest BCUT2D eigenvalue weighted by atomic mass is 35.5. The Morgan fingerprint density at radius 3 is 2.53 bits per heavy atom. The van der Waals surface area contributed by atoms with Crippen LogP contribution < -0.4 is 15.2 Å². The van der Waals surface area contributed by atoms with E-state index in [2.05, 4.69) is 10.2 Å². The molecule has 0 aliphatic carbocycles. The molecule has 0 saturated heterocycles. The van der Waals surface area contributed by atoms with Gasteiger partial charge in [0, 0.05) is 12.1 Å². The summed E-state index contributed by atoms with van der Waals surface area (Å²) in [7, 11) is 3.13. The summed E-state index contributed by atoms with van der Waals surface area (Å²) in [6, 6.07) is 5.14. The fourth-order valence-corrected chi connectivity index (χ4v) is 1.87. The fraction of sp³-hybridized carbons (Fsp3) is 0.182. The first-order valence-corrected chi connectivity index (χ1v) is 5.26. The summed E-state index contributed by atoms with van der Waals surface area (Å²) in [5.74, 6) is 1.62. The standard InChI is InChI=1S/C11H12ClN3O2/c1-16-6-3-7(12)11(9(4-6)17-2)8-5-10(13)15-14-8/h3-5H,1-2H3,(H3,13,14,15). The number of ether oxygens (including phenoxy) is 2. The van der Waals surface area contributed by atoms with Crippen molar-refractivity contribution in [1.29, 1.82) is 0 Å². The van der Waals surface area contributed by atoms with Crippen molar-refractivity contribution in [3.05, 3.63) is 23.2 Å². The molecular weight excluding hydrogens is 242 g/mol. The van der Waals surface area contributed by atoms with Crippen molar-refractivity contribution < 1.29 is 9.47 Å². The number of benzene rings is 1. The van der Waals surface area contributed by atoms with Gasteiger partial charge in [-0.3, -0.25) is 5.10 Å². The van der Waals surface area contributed by atoms with Crippen LogP contribution in [0.25, 0.3) is 11.3 Å². The molecule has 0 bridgehead atoms. The van der Waals surface area contributed by atoms with Gasteiger partial charge in [-0.25, -0.2) is 0 Å². The lowest BCUT2D eigenvalue weighted by atomic mass is 10.1. The van der Waals surface area contributed by atoms with E-state index < -0.39 is 0 Å². The average molecular weight is 254 g/mol. The lowest BCUT2D eigenvalue weighted by molar-refractivity contribution is 0.395. The number of anilines is 1. The Balaban J connectivity index is 2.60. The van der Waals surface area contributed by atoms with Crippen molar-refractivity contribution in [2.24, 2.45) is 0 Å². The van der Waals surface area contributed by atoms with E-state index >= 15 is 0 Å². The van der Waals surface area contributed by atoms with Crippen LogP contribution in [0.15, 0.2) is 18.2 Å². The lowest BCUT2D eigenvalue weighted by Crippen LogP contribution is -1.92. The maximum atomic E-state index is 6.19. The van der Waals surface area contributed by atoms with Gasteiger partial charge in [0.25, 0.3) is 0 Å². The average Bonchev–Trinajstić information content (AvgIpc) is 2.74. The van der Waals surface area contributed by atoms with Crippen LogP contribution in [0.4, 0.5) is 5.82 Å². The van der Waals surface area contributed by atoms with E-state index in [9.17, 15) is 0 Å². The van der Waals surface area contributed by atoms with Crippen LogP contribution in [-0.4, -0.2) is 24.4 Å². The minimum absolute atomic E-state index is 0.397. The third kappa shape index (κ3) is 2.14. The number of nitrogens with one attached hydrogen (secondary N) is 1. The quantitative estimate of drug-likeness (QED) is 0.881. The van der Waals surface area contributed by atoms with Gasteiger partial charge >= 0.3 is 0 Å². The zero-order valence-corrected chi connectivity index (χ0v) is 10.2. The van der Waals surface area contributed by atoms with Crippen LogP contribution in [0.3, 0.4) is 0 Å². The number of halogens is 1. The predicted molar refractivity (Wildman–Crippen MR) is 66.6 cm³/mol. The zero-order valence-electron chi connectivity index (χ0n) is 9.45. The Labute approximate surface area is 103 Å². The van der Waals surface area contributed by atoms with E-state index in [0.717, 1.165) is 0 Å². The van der Waals surface area contributed by atoms with Gasteiger partial charge in [-0.05, 0) is 6.07 Å². The largest absolute Gasteiger partial charge is 0.497 e. The summed E-state index contributed by atoms with van der Waals surface area (Å²) in [6.45, 7) is 0. The molecule has 1 aromatic heterocycles. The van der Waals surface area contributed by atoms with Gasteiger partial charge in [0.15, 0.2) is 0 Å². The molecule has 1 aromatic carbocycles. The summed E-state index contributed by atoms with van der Waals surface area (Å²) in [5.41, 5.74) is 6.97. The van der Waals surface area contributed by atoms with Crippen LogP contribution in [0.5, 0.6) is 11.5 Å². The number of nitrogens with two attached hydrogens (primary N) is 1. The molecule has 1 heterocycles. The number of aromatic amines is 1. The van der Waals surface area contributed by atoms with Crippen molar-refractivity contribution in [3.8, 4) is 22.8 Å². The van der Waals surface area contributed by atoms with Gasteiger partial charge in [0.1, 0.15) is 17.3 Å². The molecule has 0 saturated carbocycles. The zero-order chi connectivity index (χ0) is 12.4. The normalized spacial score (nSPS) is 10.3. The van der Waals surface area contributed by atoms with Gasteiger partial charge in [0.2, 0.25) is 0 Å². The minimum Gasteiger partial charge on any atom is -0.497 e. The predicted octanol–water partition coefficient (Wildman–Crippen LogP) is 2.33. The molecule has 0 atom stereocenters. The number of rotatable bonds is 3. The van der Waals surface area contributed by atoms with Crippen molar-refractivity contribution in [3.63, 3.8) is 0 Å². The second-order valence-corrected chi connectivity index (χ2v) is 3.80. The number of methoxy groups -OCH3 is 2. The van der Waals surface area contributed by atoms with Crippen molar-refractivity contribution in [2.45, 2.75) is 0 Å². The summed E-state index contributed by atoms with van der Waals surface area (Å²) in [6.07, 6.45) is 0. The van der Waals surface area contributed by atoms with Crippen LogP contribution in [0.1, 0.15) is 0 Å². The second kappa shape index (κ2) is 4.55. The smallest absolute Gasteiger partial charge is 0.145 e. The molecular formula is C11H12ClN3O2. The Kier molecular flexibility index (Phi) is 3.10. The molecule has 0 unspecified atom stereocenters. The van der Waals surface area contributed by atoms with Crippen LogP contribution in [-0.2, 0) is 0 Å². The third-order valence-electron chi connectivity index (χ3n) is 2.35. The highest BCUT2D eigenvalue weighted by molar-refractivity contribution is 6.33. The van der Waals surface area contributed by atoms with Crippen molar-refractivity contribution >= 4 is 17.4 Å². The maximum absolute atomic E-state index is 6.19. The monoisotopic (exact) mass is 253 g/mol. The Morgan fingerprint density at radius 2 is 2.00 bits per heavy atom. The van der Waals surface area contributed by atoms with Crippen LogP contribution in [0, 0.1) is 0 Å². The number of nitrogens with zero attached hydrogens (tertiary/aromatic N) is 1. The highest BCUT2D eigenvalue weighted by Crippen LogP contribution is 2.39. The van der Waals surface area contributed by atoms with E-state index in [1.807, 2.05) is 0 Å². The topological polar surface area (TPSA) is 73.2 Å². The molecule has 5 nitrogen and oxygen atoms in total. The minimum atomic E-state index is 0.397. The van der Waals surface area contributed by atoms with Crippen LogP contribution in [0.2, 0.25) is 5.02 Å². The Morgan fingerprint density at radius 1 is 1.24 bits per heavy atom. The van der Waals surface area contributed by atoms with Gasteiger partial charge in [-0.2, -0.15) is 5.10 Å². The Hall–Kier alpha value is -1.88. The van der Waals surface area contributed by atoms with E-state index in [-0.39, 0.29) is 0 Å². The summed E-state index contributed by atoms with van der Waals surface area (Å²) in [5, 5.41) is 7.16. The molecule has 0 aliphatic rings. The fourth-order valence-electron chi connectivity index (χ4n) is 1.56. The number of hydrogen-bond donors (Lipinski definition) is 2. The van der Waals surface area contributed by atoms with E-state index in [0.29, 0.717) is 33.6 Å². The van der Waals surface area contributed by atoms with Crippen LogP contribution >= 0.6 is 11.6 Å². The lowest BCUT2D eigenvalue weighted by Gasteiger charge is -2.11. The summed E-state index contributed by atoms with van der Waals surface area (Å²) >= 11 is 6.19. The molecule has 0 radical (unpaired) electrons. The summed E-state index contributed by atoms with van der Waals surface area (Å²) in [4.78, 5) is 0. The molecule has 2 aromatic rings. The number of hydrogen-bond acceptors (Lipinski definition) is 4. The molecule has 0 fully saturated rings. The van der Waals surface area contributed by atoms with Crippen molar-refractivity contribution in [2.75, 3.05) is 20.0 Å². The number of H-pyrrole nitrogens is 1. The third-order valence-corrected chi connectivity index (χ3v) is 2.65. The van der Waals surface area contributed by atoms with Gasteiger partial charge in [-0.15, -0.1) is 0 Å². The first-order chi connectivity index (χ1) is 8.15. The molecule has 90 valence electrons. The number of aromatic nitrogens is 2. The van der Waals surface area contributed by atoms with Gasteiger partial charge in [-0.1, -0.05) is 11.6 Å². The van der Waals surface area contributed by atoms with Gasteiger partial charge in [0.05, 0.1) is 30.5 Å². The molecule has 17 heavy (non-hydrogen) atoms. The first-order valence-electron chi connectivity index (χ1n) is 4.88. The van der Waals surface area contributed by atoms with Crippen molar-refractivity contribution in [1.82, 2.24) is 10.2 Å². The molecule has 3 N–H and O–H groups in total. The SMILES string of the molecule is COc1cc(Cl)c(-c2cc(N)n[nH]2)c(OC)c1. The Bertz CT molecular complexity index is 540. The molecule has 6 heteroatoms. The second-order valence-electron chi connectivity index (χ2n) is 3.39. The van der Waals surface area contributed by atoms with E-state index in [4.69, 9.17) is 26.8 Å². The van der Waals surface area contributed by atoms with E-state index in [1.54, 1.807) is 32.4 Å².